The highest BCUT2D eigenvalue weighted by Gasteiger charge is 2.25. The van der Waals surface area contributed by atoms with Crippen molar-refractivity contribution in [2.24, 2.45) is 4.99 Å². The molecule has 0 atom stereocenters. The van der Waals surface area contributed by atoms with Crippen molar-refractivity contribution < 1.29 is 23.8 Å². The van der Waals surface area contributed by atoms with Crippen LogP contribution >= 0.6 is 11.6 Å². The molecular formula is C18H14ClNO5. The van der Waals surface area contributed by atoms with Gasteiger partial charge < -0.3 is 14.2 Å². The second-order valence-electron chi connectivity index (χ2n) is 5.25. The molecule has 0 aromatic heterocycles. The summed E-state index contributed by atoms with van der Waals surface area (Å²) in [4.78, 5) is 28.3. The molecular weight excluding hydrogens is 346 g/mol. The van der Waals surface area contributed by atoms with Crippen LogP contribution in [0.25, 0.3) is 0 Å². The molecule has 0 bridgehead atoms. The summed E-state index contributed by atoms with van der Waals surface area (Å²) in [5, 5.41) is 0.516. The minimum atomic E-state index is -0.649. The highest BCUT2D eigenvalue weighted by Crippen LogP contribution is 2.29. The van der Waals surface area contributed by atoms with Crippen molar-refractivity contribution in [3.8, 4) is 17.2 Å². The maximum Gasteiger partial charge on any atom is 0.358 e. The van der Waals surface area contributed by atoms with Gasteiger partial charge in [0.1, 0.15) is 11.5 Å². The fourth-order valence-electron chi connectivity index (χ4n) is 2.44. The number of carbonyl (C=O) groups excluding carboxylic acids is 2. The Morgan fingerprint density at radius 3 is 2.60 bits per heavy atom. The molecule has 0 saturated heterocycles. The predicted molar refractivity (Wildman–Crippen MR) is 92.1 cm³/mol. The Kier molecular flexibility index (Phi) is 4.72. The lowest BCUT2D eigenvalue weighted by Gasteiger charge is -2.17. The van der Waals surface area contributed by atoms with E-state index in [9.17, 15) is 9.59 Å². The van der Waals surface area contributed by atoms with Crippen molar-refractivity contribution >= 4 is 29.2 Å². The van der Waals surface area contributed by atoms with E-state index in [1.165, 1.54) is 20.3 Å². The quantitative estimate of drug-likeness (QED) is 0.622. The highest BCUT2D eigenvalue weighted by molar-refractivity contribution is 6.40. The van der Waals surface area contributed by atoms with E-state index in [2.05, 4.69) is 4.99 Å². The number of methoxy groups -OCH3 is 2. The van der Waals surface area contributed by atoms with Crippen molar-refractivity contribution in [2.45, 2.75) is 6.42 Å². The number of hydrogen-bond acceptors (Lipinski definition) is 5. The van der Waals surface area contributed by atoms with Gasteiger partial charge >= 0.3 is 5.97 Å². The first-order valence-electron chi connectivity index (χ1n) is 7.36. The Morgan fingerprint density at radius 2 is 1.88 bits per heavy atom. The van der Waals surface area contributed by atoms with Crippen LogP contribution in [0.15, 0.2) is 41.4 Å². The van der Waals surface area contributed by atoms with Crippen molar-refractivity contribution in [1.29, 1.82) is 0 Å². The molecule has 0 radical (unpaired) electrons. The molecule has 2 aromatic carbocycles. The van der Waals surface area contributed by atoms with Crippen LogP contribution in [-0.4, -0.2) is 31.8 Å². The summed E-state index contributed by atoms with van der Waals surface area (Å²) in [6.07, 6.45) is 0.174. The predicted octanol–water partition coefficient (Wildman–Crippen LogP) is 3.10. The van der Waals surface area contributed by atoms with E-state index in [0.717, 1.165) is 0 Å². The third-order valence-electron chi connectivity index (χ3n) is 3.69. The molecule has 6 nitrogen and oxygen atoms in total. The molecule has 1 heterocycles. The number of benzene rings is 2. The molecule has 1 aliphatic rings. The molecule has 7 heteroatoms. The zero-order valence-electron chi connectivity index (χ0n) is 13.5. The molecule has 0 saturated carbocycles. The average molecular weight is 360 g/mol. The monoisotopic (exact) mass is 359 g/mol. The van der Waals surface area contributed by atoms with Gasteiger partial charge in [-0.05, 0) is 36.4 Å². The van der Waals surface area contributed by atoms with Crippen LogP contribution in [-0.2, 0) is 11.2 Å². The van der Waals surface area contributed by atoms with Crippen LogP contribution in [0.1, 0.15) is 15.9 Å². The van der Waals surface area contributed by atoms with Crippen LogP contribution in [0.5, 0.6) is 17.2 Å². The molecule has 0 spiro atoms. The van der Waals surface area contributed by atoms with E-state index in [-0.39, 0.29) is 17.7 Å². The van der Waals surface area contributed by atoms with Gasteiger partial charge in [0.15, 0.2) is 11.5 Å². The third-order valence-corrected chi connectivity index (χ3v) is 3.92. The molecule has 2 aromatic rings. The lowest BCUT2D eigenvalue weighted by Crippen LogP contribution is -2.28. The number of amides is 1. The van der Waals surface area contributed by atoms with E-state index in [1.54, 1.807) is 30.3 Å². The van der Waals surface area contributed by atoms with Crippen molar-refractivity contribution in [1.82, 2.24) is 0 Å². The van der Waals surface area contributed by atoms with Gasteiger partial charge in [0.2, 0.25) is 0 Å². The maximum absolute atomic E-state index is 12.4. The number of esters is 1. The Morgan fingerprint density at radius 1 is 1.12 bits per heavy atom. The molecule has 0 unspecified atom stereocenters. The van der Waals surface area contributed by atoms with Gasteiger partial charge in [0.05, 0.1) is 14.2 Å². The van der Waals surface area contributed by atoms with Crippen LogP contribution in [0.4, 0.5) is 0 Å². The van der Waals surface area contributed by atoms with Crippen molar-refractivity contribution in [3.05, 3.63) is 52.5 Å². The van der Waals surface area contributed by atoms with Gasteiger partial charge in [-0.1, -0.05) is 11.6 Å². The minimum absolute atomic E-state index is 0.0227. The molecule has 0 aliphatic carbocycles. The molecule has 0 fully saturated rings. The number of nitrogens with zero attached hydrogens (tertiary/aromatic N) is 1. The van der Waals surface area contributed by atoms with Gasteiger partial charge in [0.25, 0.3) is 5.91 Å². The summed E-state index contributed by atoms with van der Waals surface area (Å²) in [5.41, 5.74) is 0.996. The molecule has 1 amide bonds. The first-order chi connectivity index (χ1) is 12.0. The minimum Gasteiger partial charge on any atom is -0.493 e. The summed E-state index contributed by atoms with van der Waals surface area (Å²) in [5.74, 6) is 0.0955. The van der Waals surface area contributed by atoms with Gasteiger partial charge in [0, 0.05) is 22.6 Å². The van der Waals surface area contributed by atoms with Gasteiger partial charge in [-0.2, -0.15) is 0 Å². The van der Waals surface area contributed by atoms with Gasteiger partial charge in [-0.25, -0.2) is 9.79 Å². The second kappa shape index (κ2) is 6.94. The van der Waals surface area contributed by atoms with Gasteiger partial charge in [-0.15, -0.1) is 0 Å². The Bertz CT molecular complexity index is 891. The third kappa shape index (κ3) is 3.49. The van der Waals surface area contributed by atoms with Crippen LogP contribution in [0.2, 0.25) is 5.02 Å². The van der Waals surface area contributed by atoms with Crippen molar-refractivity contribution in [2.75, 3.05) is 14.2 Å². The topological polar surface area (TPSA) is 74.2 Å². The maximum atomic E-state index is 12.4. The zero-order valence-corrected chi connectivity index (χ0v) is 14.3. The number of ether oxygens (including phenoxy) is 3. The molecule has 128 valence electrons. The summed E-state index contributed by atoms with van der Waals surface area (Å²) >= 11 is 5.95. The van der Waals surface area contributed by atoms with E-state index in [4.69, 9.17) is 25.8 Å². The van der Waals surface area contributed by atoms with Crippen LogP contribution < -0.4 is 14.2 Å². The van der Waals surface area contributed by atoms with Gasteiger partial charge in [-0.3, -0.25) is 4.79 Å². The second-order valence-corrected chi connectivity index (χ2v) is 5.69. The molecule has 0 N–H and O–H groups in total. The fraction of sp³-hybridized carbons (Fsp3) is 0.167. The first kappa shape index (κ1) is 17.0. The normalized spacial score (nSPS) is 14.7. The number of hydrogen-bond donors (Lipinski definition) is 0. The summed E-state index contributed by atoms with van der Waals surface area (Å²) in [7, 11) is 2.97. The Hall–Kier alpha value is -2.86. The first-order valence-corrected chi connectivity index (χ1v) is 7.74. The number of rotatable bonds is 3. The van der Waals surface area contributed by atoms with E-state index >= 15 is 0 Å². The molecule has 1 aliphatic heterocycles. The average Bonchev–Trinajstić information content (AvgIpc) is 2.62. The molecule has 3 rings (SSSR count). The molecule has 25 heavy (non-hydrogen) atoms. The van der Waals surface area contributed by atoms with E-state index in [1.807, 2.05) is 0 Å². The van der Waals surface area contributed by atoms with Crippen LogP contribution in [0.3, 0.4) is 0 Å². The smallest absolute Gasteiger partial charge is 0.358 e. The lowest BCUT2D eigenvalue weighted by molar-refractivity contribution is -0.127. The SMILES string of the molecule is COc1ccc(C(=O)N=C2Cc3cc(Cl)ccc3OC2=O)cc1OC. The number of carbonyl (C=O) groups is 2. The fourth-order valence-corrected chi connectivity index (χ4v) is 2.63. The summed E-state index contributed by atoms with van der Waals surface area (Å²) < 4.78 is 15.5. The Labute approximate surface area is 149 Å². The zero-order chi connectivity index (χ0) is 18.0. The highest BCUT2D eigenvalue weighted by atomic mass is 35.5. The van der Waals surface area contributed by atoms with Crippen LogP contribution in [0, 0.1) is 0 Å². The van der Waals surface area contributed by atoms with E-state index < -0.39 is 11.9 Å². The number of halogens is 1. The summed E-state index contributed by atoms with van der Waals surface area (Å²) in [6.45, 7) is 0. The number of aliphatic imine (C=N–C) groups is 1. The lowest BCUT2D eigenvalue weighted by atomic mass is 10.0. The number of fused-ring (bicyclic) bond motifs is 1. The van der Waals surface area contributed by atoms with Crippen molar-refractivity contribution in [3.63, 3.8) is 0 Å². The van der Waals surface area contributed by atoms with E-state index in [0.29, 0.717) is 27.8 Å². The Balaban J connectivity index is 1.90. The summed E-state index contributed by atoms with van der Waals surface area (Å²) in [6, 6.07) is 9.57. The standard InChI is InChI=1S/C18H14ClNO5/c1-23-15-5-3-10(9-16(15)24-2)17(21)20-13-8-11-7-12(19)4-6-14(11)25-18(13)22/h3-7,9H,8H2,1-2H3. The largest absolute Gasteiger partial charge is 0.493 e.